The van der Waals surface area contributed by atoms with Gasteiger partial charge in [0.1, 0.15) is 11.5 Å². The first-order chi connectivity index (χ1) is 9.54. The van der Waals surface area contributed by atoms with Crippen LogP contribution in [-0.2, 0) is 0 Å². The van der Waals surface area contributed by atoms with Crippen molar-refractivity contribution in [3.8, 4) is 0 Å². The van der Waals surface area contributed by atoms with Crippen LogP contribution in [0.3, 0.4) is 0 Å². The Morgan fingerprint density at radius 3 is 1.90 bits per heavy atom. The maximum atomic E-state index is 6.78. The van der Waals surface area contributed by atoms with Gasteiger partial charge < -0.3 is 10.2 Å². The molecule has 1 unspecified atom stereocenters. The molecule has 0 amide bonds. The molecule has 2 N–H and O–H groups in total. The van der Waals surface area contributed by atoms with Crippen molar-refractivity contribution < 1.29 is 4.42 Å². The Bertz CT molecular complexity index is 502. The van der Waals surface area contributed by atoms with Crippen molar-refractivity contribution in [3.63, 3.8) is 0 Å². The molecule has 0 aromatic carbocycles. The van der Waals surface area contributed by atoms with Gasteiger partial charge in [0, 0.05) is 11.6 Å². The summed E-state index contributed by atoms with van der Waals surface area (Å²) in [5.41, 5.74) is 9.39. The van der Waals surface area contributed by atoms with Crippen LogP contribution < -0.4 is 5.73 Å². The van der Waals surface area contributed by atoms with Crippen molar-refractivity contribution in [1.29, 1.82) is 0 Å². The lowest BCUT2D eigenvalue weighted by Crippen LogP contribution is -2.48. The summed E-state index contributed by atoms with van der Waals surface area (Å²) in [6, 6.07) is 0.197. The number of furan rings is 1. The maximum absolute atomic E-state index is 6.78. The minimum Gasteiger partial charge on any atom is -0.466 e. The highest BCUT2D eigenvalue weighted by Gasteiger charge is 2.50. The van der Waals surface area contributed by atoms with E-state index in [9.17, 15) is 0 Å². The van der Waals surface area contributed by atoms with E-state index < -0.39 is 0 Å². The van der Waals surface area contributed by atoms with Crippen LogP contribution in [0.1, 0.15) is 60.8 Å². The summed E-state index contributed by atoms with van der Waals surface area (Å²) in [4.78, 5) is 0. The molecule has 1 aromatic heterocycles. The molecule has 4 aliphatic rings. The Balaban J connectivity index is 1.67. The lowest BCUT2D eigenvalue weighted by molar-refractivity contribution is -0.0473. The number of hydrogen-bond acceptors (Lipinski definition) is 2. The topological polar surface area (TPSA) is 39.2 Å². The molecule has 4 fully saturated rings. The maximum Gasteiger partial charge on any atom is 0.106 e. The van der Waals surface area contributed by atoms with Gasteiger partial charge in [0.15, 0.2) is 0 Å². The van der Waals surface area contributed by atoms with Crippen LogP contribution >= 0.6 is 0 Å². The van der Waals surface area contributed by atoms with Crippen molar-refractivity contribution in [1.82, 2.24) is 0 Å². The fourth-order valence-corrected chi connectivity index (χ4v) is 6.05. The fourth-order valence-electron chi connectivity index (χ4n) is 6.05. The van der Waals surface area contributed by atoms with Gasteiger partial charge >= 0.3 is 0 Å². The summed E-state index contributed by atoms with van der Waals surface area (Å²) in [7, 11) is 0. The molecule has 1 heterocycles. The molecule has 4 aliphatic carbocycles. The SMILES string of the molecule is Cc1oc(C)c(C(N)C2C3CC4CC(C3)CC2C4)c1C. The van der Waals surface area contributed by atoms with Crippen molar-refractivity contribution in [2.45, 2.75) is 58.9 Å². The van der Waals surface area contributed by atoms with E-state index in [2.05, 4.69) is 20.8 Å². The summed E-state index contributed by atoms with van der Waals surface area (Å²) >= 11 is 0. The van der Waals surface area contributed by atoms with Crippen LogP contribution in [0.2, 0.25) is 0 Å². The molecule has 0 spiro atoms. The van der Waals surface area contributed by atoms with E-state index >= 15 is 0 Å². The fraction of sp³-hybridized carbons (Fsp3) is 0.778. The average molecular weight is 273 g/mol. The van der Waals surface area contributed by atoms with Gasteiger partial charge in [-0.05, 0) is 88.0 Å². The first kappa shape index (κ1) is 12.9. The Morgan fingerprint density at radius 2 is 1.45 bits per heavy atom. The van der Waals surface area contributed by atoms with Crippen LogP contribution in [0.15, 0.2) is 4.42 Å². The Hall–Kier alpha value is -0.760. The third-order valence-corrected chi connectivity index (χ3v) is 6.67. The molecule has 2 nitrogen and oxygen atoms in total. The molecular weight excluding hydrogens is 246 g/mol. The summed E-state index contributed by atoms with van der Waals surface area (Å²) in [6.45, 7) is 6.33. The molecular formula is C18H27NO. The van der Waals surface area contributed by atoms with E-state index in [1.807, 2.05) is 0 Å². The molecule has 4 bridgehead atoms. The Morgan fingerprint density at radius 1 is 0.900 bits per heavy atom. The number of aryl methyl sites for hydroxylation is 2. The van der Waals surface area contributed by atoms with Crippen molar-refractivity contribution in [3.05, 3.63) is 22.6 Å². The highest BCUT2D eigenvalue weighted by Crippen LogP contribution is 2.59. The first-order valence-corrected chi connectivity index (χ1v) is 8.36. The van der Waals surface area contributed by atoms with Crippen LogP contribution in [-0.4, -0.2) is 0 Å². The molecule has 20 heavy (non-hydrogen) atoms. The number of hydrogen-bond donors (Lipinski definition) is 1. The Kier molecular flexibility index (Phi) is 2.82. The lowest BCUT2D eigenvalue weighted by atomic mass is 9.50. The highest BCUT2D eigenvalue weighted by molar-refractivity contribution is 5.35. The van der Waals surface area contributed by atoms with Crippen LogP contribution in [0.5, 0.6) is 0 Å². The summed E-state index contributed by atoms with van der Waals surface area (Å²) in [6.07, 6.45) is 7.29. The van der Waals surface area contributed by atoms with E-state index in [1.165, 1.54) is 43.2 Å². The lowest BCUT2D eigenvalue weighted by Gasteiger charge is -2.56. The first-order valence-electron chi connectivity index (χ1n) is 8.36. The summed E-state index contributed by atoms with van der Waals surface area (Å²) in [5, 5.41) is 0. The van der Waals surface area contributed by atoms with Crippen LogP contribution in [0, 0.1) is 50.4 Å². The Labute approximate surface area is 122 Å². The van der Waals surface area contributed by atoms with Gasteiger partial charge in [-0.15, -0.1) is 0 Å². The van der Waals surface area contributed by atoms with Gasteiger partial charge in [-0.2, -0.15) is 0 Å². The van der Waals surface area contributed by atoms with Gasteiger partial charge in [-0.1, -0.05) is 0 Å². The van der Waals surface area contributed by atoms with Gasteiger partial charge in [-0.3, -0.25) is 0 Å². The molecule has 0 aliphatic heterocycles. The van der Waals surface area contributed by atoms with Gasteiger partial charge in [0.05, 0.1) is 0 Å². The molecule has 110 valence electrons. The van der Waals surface area contributed by atoms with Crippen molar-refractivity contribution >= 4 is 0 Å². The number of nitrogens with two attached hydrogens (primary N) is 1. The van der Waals surface area contributed by atoms with Crippen LogP contribution in [0.25, 0.3) is 0 Å². The smallest absolute Gasteiger partial charge is 0.106 e. The second-order valence-electron chi connectivity index (χ2n) is 7.79. The van der Waals surface area contributed by atoms with E-state index in [1.54, 1.807) is 0 Å². The molecule has 0 saturated heterocycles. The minimum atomic E-state index is 0.197. The minimum absolute atomic E-state index is 0.197. The van der Waals surface area contributed by atoms with Crippen molar-refractivity contribution in [2.75, 3.05) is 0 Å². The second kappa shape index (κ2) is 4.37. The third-order valence-electron chi connectivity index (χ3n) is 6.67. The van der Waals surface area contributed by atoms with E-state index in [-0.39, 0.29) is 6.04 Å². The zero-order chi connectivity index (χ0) is 14.0. The number of rotatable bonds is 2. The zero-order valence-corrected chi connectivity index (χ0v) is 13.0. The summed E-state index contributed by atoms with van der Waals surface area (Å²) in [5.74, 6) is 6.63. The molecule has 4 saturated carbocycles. The van der Waals surface area contributed by atoms with Gasteiger partial charge in [-0.25, -0.2) is 0 Å². The third kappa shape index (κ3) is 1.73. The predicted octanol–water partition coefficient (Wildman–Crippen LogP) is 4.28. The molecule has 1 atom stereocenters. The average Bonchev–Trinajstić information content (AvgIpc) is 2.61. The summed E-state index contributed by atoms with van der Waals surface area (Å²) < 4.78 is 5.83. The molecule has 1 aromatic rings. The normalized spacial score (nSPS) is 40.3. The van der Waals surface area contributed by atoms with E-state index in [0.717, 1.165) is 35.2 Å². The second-order valence-corrected chi connectivity index (χ2v) is 7.79. The molecule has 0 radical (unpaired) electrons. The zero-order valence-electron chi connectivity index (χ0n) is 13.0. The predicted molar refractivity (Wildman–Crippen MR) is 80.4 cm³/mol. The van der Waals surface area contributed by atoms with Crippen LogP contribution in [0.4, 0.5) is 0 Å². The van der Waals surface area contributed by atoms with Gasteiger partial charge in [0.2, 0.25) is 0 Å². The largest absolute Gasteiger partial charge is 0.466 e. The molecule has 5 rings (SSSR count). The van der Waals surface area contributed by atoms with Gasteiger partial charge in [0.25, 0.3) is 0 Å². The monoisotopic (exact) mass is 273 g/mol. The standard InChI is InChI=1S/C18H27NO/c1-9-10(2)20-11(3)16(9)18(19)17-14-5-12-4-13(7-14)8-15(17)6-12/h12-15,17-18H,4-8,19H2,1-3H3. The quantitative estimate of drug-likeness (QED) is 0.873. The van der Waals surface area contributed by atoms with E-state index in [4.69, 9.17) is 10.2 Å². The molecule has 2 heteroatoms. The van der Waals surface area contributed by atoms with Crippen molar-refractivity contribution in [2.24, 2.45) is 35.3 Å². The van der Waals surface area contributed by atoms with E-state index in [0.29, 0.717) is 5.92 Å². The highest BCUT2D eigenvalue weighted by atomic mass is 16.3.